The van der Waals surface area contributed by atoms with Gasteiger partial charge in [-0.05, 0) is 36.8 Å². The van der Waals surface area contributed by atoms with E-state index in [1.165, 1.54) is 12.1 Å². The van der Waals surface area contributed by atoms with Crippen LogP contribution < -0.4 is 11.1 Å². The van der Waals surface area contributed by atoms with E-state index in [-0.39, 0.29) is 35.4 Å². The Morgan fingerprint density at radius 3 is 2.65 bits per heavy atom. The van der Waals surface area contributed by atoms with Gasteiger partial charge in [-0.15, -0.1) is 0 Å². The van der Waals surface area contributed by atoms with E-state index in [0.29, 0.717) is 12.8 Å². The molecule has 2 fully saturated rings. The molecule has 3 nitrogen and oxygen atoms in total. The van der Waals surface area contributed by atoms with Crippen LogP contribution in [-0.2, 0) is 11.0 Å². The number of nitrogens with two attached hydrogens (primary N) is 1. The number of carbonyl (C=O) groups is 1. The highest BCUT2D eigenvalue weighted by atomic mass is 19.4. The molecule has 0 radical (unpaired) electrons. The highest BCUT2D eigenvalue weighted by Crippen LogP contribution is 2.46. The Hall–Kier alpha value is -1.56. The van der Waals surface area contributed by atoms with Crippen molar-refractivity contribution in [2.45, 2.75) is 56.3 Å². The van der Waals surface area contributed by atoms with Crippen LogP contribution in [0.3, 0.4) is 0 Å². The van der Waals surface area contributed by atoms with Gasteiger partial charge in [-0.3, -0.25) is 4.79 Å². The molecule has 1 amide bonds. The minimum atomic E-state index is -4.36. The van der Waals surface area contributed by atoms with Gasteiger partial charge in [0.1, 0.15) is 0 Å². The summed E-state index contributed by atoms with van der Waals surface area (Å²) in [5, 5.41) is 2.87. The van der Waals surface area contributed by atoms with Crippen LogP contribution >= 0.6 is 0 Å². The van der Waals surface area contributed by atoms with Crippen molar-refractivity contribution in [1.29, 1.82) is 0 Å². The summed E-state index contributed by atoms with van der Waals surface area (Å²) in [5.41, 5.74) is 5.64. The molecule has 2 unspecified atom stereocenters. The van der Waals surface area contributed by atoms with E-state index in [4.69, 9.17) is 5.73 Å². The molecule has 2 saturated carbocycles. The molecule has 0 bridgehead atoms. The minimum absolute atomic E-state index is 0.0710. The van der Waals surface area contributed by atoms with E-state index in [1.807, 2.05) is 0 Å². The van der Waals surface area contributed by atoms with Crippen molar-refractivity contribution < 1.29 is 18.0 Å². The third-order valence-corrected chi connectivity index (χ3v) is 4.97. The van der Waals surface area contributed by atoms with Gasteiger partial charge < -0.3 is 11.1 Å². The van der Waals surface area contributed by atoms with Gasteiger partial charge >= 0.3 is 6.18 Å². The number of amides is 1. The Kier molecular flexibility index (Phi) is 4.36. The van der Waals surface area contributed by atoms with E-state index in [0.717, 1.165) is 25.3 Å². The summed E-state index contributed by atoms with van der Waals surface area (Å²) in [6.07, 6.45) is -0.460. The molecule has 0 saturated heterocycles. The number of nitrogens with one attached hydrogen (secondary N) is 1. The minimum Gasteiger partial charge on any atom is -0.353 e. The third kappa shape index (κ3) is 3.68. The zero-order valence-corrected chi connectivity index (χ0v) is 12.8. The van der Waals surface area contributed by atoms with Crippen LogP contribution in [0.2, 0.25) is 0 Å². The van der Waals surface area contributed by atoms with Crippen LogP contribution in [0.15, 0.2) is 24.3 Å². The largest absolute Gasteiger partial charge is 0.416 e. The first-order valence-corrected chi connectivity index (χ1v) is 8.07. The Bertz CT molecular complexity index is 587. The molecule has 2 aliphatic rings. The molecule has 1 aromatic carbocycles. The van der Waals surface area contributed by atoms with Crippen LogP contribution in [-0.4, -0.2) is 18.0 Å². The van der Waals surface area contributed by atoms with Crippen molar-refractivity contribution in [2.75, 3.05) is 0 Å². The lowest BCUT2D eigenvalue weighted by Gasteiger charge is -2.15. The maximum atomic E-state index is 13.0. The fraction of sp³-hybridized carbons (Fsp3) is 0.588. The lowest BCUT2D eigenvalue weighted by atomic mass is 9.99. The standard InChI is InChI=1S/C17H21F3N2O/c18-17(19,20)13-6-2-1-5-11(13)12-9-15(12)22-16(23)8-10-4-3-7-14(10)21/h1-2,5-6,10,12,14-15H,3-4,7-9,21H2,(H,22,23)/t10-,12?,14+,15?/m0/s1. The predicted molar refractivity (Wildman–Crippen MR) is 80.7 cm³/mol. The van der Waals surface area contributed by atoms with Gasteiger partial charge in [0.15, 0.2) is 0 Å². The topological polar surface area (TPSA) is 55.1 Å². The third-order valence-electron chi connectivity index (χ3n) is 4.97. The van der Waals surface area contributed by atoms with Crippen molar-refractivity contribution in [3.63, 3.8) is 0 Å². The maximum Gasteiger partial charge on any atom is 0.416 e. The second kappa shape index (κ2) is 6.15. The van der Waals surface area contributed by atoms with Gasteiger partial charge in [-0.1, -0.05) is 24.6 Å². The lowest BCUT2D eigenvalue weighted by Crippen LogP contribution is -2.33. The lowest BCUT2D eigenvalue weighted by molar-refractivity contribution is -0.138. The van der Waals surface area contributed by atoms with Crippen molar-refractivity contribution >= 4 is 5.91 Å². The number of rotatable bonds is 4. The van der Waals surface area contributed by atoms with Crippen LogP contribution in [0.5, 0.6) is 0 Å². The summed E-state index contributed by atoms with van der Waals surface area (Å²) in [6, 6.07) is 5.49. The molecular formula is C17H21F3N2O. The van der Waals surface area contributed by atoms with E-state index in [2.05, 4.69) is 5.32 Å². The second-order valence-corrected chi connectivity index (χ2v) is 6.66. The SMILES string of the molecule is N[C@@H]1CCC[C@H]1CC(=O)NC1CC1c1ccccc1C(F)(F)F. The fourth-order valence-electron chi connectivity index (χ4n) is 3.60. The van der Waals surface area contributed by atoms with E-state index in [1.54, 1.807) is 6.07 Å². The normalized spacial score (nSPS) is 30.3. The molecule has 0 aromatic heterocycles. The van der Waals surface area contributed by atoms with E-state index < -0.39 is 11.7 Å². The molecule has 4 atom stereocenters. The molecule has 3 rings (SSSR count). The monoisotopic (exact) mass is 326 g/mol. The average molecular weight is 326 g/mol. The van der Waals surface area contributed by atoms with Crippen molar-refractivity contribution in [3.05, 3.63) is 35.4 Å². The Balaban J connectivity index is 1.59. The van der Waals surface area contributed by atoms with Gasteiger partial charge in [0, 0.05) is 24.4 Å². The molecule has 0 spiro atoms. The molecule has 1 aromatic rings. The van der Waals surface area contributed by atoms with Gasteiger partial charge in [-0.25, -0.2) is 0 Å². The summed E-state index contributed by atoms with van der Waals surface area (Å²) in [6.45, 7) is 0. The van der Waals surface area contributed by atoms with Crippen LogP contribution in [0, 0.1) is 5.92 Å². The molecule has 2 aliphatic carbocycles. The Morgan fingerprint density at radius 2 is 2.00 bits per heavy atom. The number of benzene rings is 1. The van der Waals surface area contributed by atoms with Gasteiger partial charge in [-0.2, -0.15) is 13.2 Å². The van der Waals surface area contributed by atoms with Crippen LogP contribution in [0.25, 0.3) is 0 Å². The number of carbonyl (C=O) groups excluding carboxylic acids is 1. The summed E-state index contributed by atoms with van der Waals surface area (Å²) in [7, 11) is 0. The van der Waals surface area contributed by atoms with Crippen molar-refractivity contribution in [3.8, 4) is 0 Å². The molecule has 3 N–H and O–H groups in total. The van der Waals surface area contributed by atoms with Gasteiger partial charge in [0.25, 0.3) is 0 Å². The summed E-state index contributed by atoms with van der Waals surface area (Å²) < 4.78 is 39.1. The number of alkyl halides is 3. The predicted octanol–water partition coefficient (Wildman–Crippen LogP) is 3.20. The van der Waals surface area contributed by atoms with Gasteiger partial charge in [0.2, 0.25) is 5.91 Å². The second-order valence-electron chi connectivity index (χ2n) is 6.66. The molecular weight excluding hydrogens is 305 g/mol. The van der Waals surface area contributed by atoms with Crippen molar-refractivity contribution in [1.82, 2.24) is 5.32 Å². The summed E-state index contributed by atoms with van der Waals surface area (Å²) in [4.78, 5) is 12.1. The zero-order chi connectivity index (χ0) is 16.6. The molecule has 0 aliphatic heterocycles. The first-order chi connectivity index (χ1) is 10.9. The average Bonchev–Trinajstić information content (AvgIpc) is 3.13. The Labute approximate surface area is 133 Å². The van der Waals surface area contributed by atoms with Crippen molar-refractivity contribution in [2.24, 2.45) is 11.7 Å². The number of hydrogen-bond donors (Lipinski definition) is 2. The number of hydrogen-bond acceptors (Lipinski definition) is 2. The highest BCUT2D eigenvalue weighted by Gasteiger charge is 2.45. The van der Waals surface area contributed by atoms with E-state index in [9.17, 15) is 18.0 Å². The maximum absolute atomic E-state index is 13.0. The summed E-state index contributed by atoms with van der Waals surface area (Å²) >= 11 is 0. The Morgan fingerprint density at radius 1 is 1.26 bits per heavy atom. The molecule has 0 heterocycles. The molecule has 23 heavy (non-hydrogen) atoms. The molecule has 6 heteroatoms. The summed E-state index contributed by atoms with van der Waals surface area (Å²) in [5.74, 6) is -0.131. The van der Waals surface area contributed by atoms with Crippen LogP contribution in [0.1, 0.15) is 49.1 Å². The molecule has 126 valence electrons. The first kappa shape index (κ1) is 16.3. The zero-order valence-electron chi connectivity index (χ0n) is 12.8. The first-order valence-electron chi connectivity index (χ1n) is 8.07. The van der Waals surface area contributed by atoms with Gasteiger partial charge in [0.05, 0.1) is 5.56 Å². The van der Waals surface area contributed by atoms with Crippen LogP contribution in [0.4, 0.5) is 13.2 Å². The quantitative estimate of drug-likeness (QED) is 0.893. The highest BCUT2D eigenvalue weighted by molar-refractivity contribution is 5.77. The fourth-order valence-corrected chi connectivity index (χ4v) is 3.60. The number of halogens is 3. The van der Waals surface area contributed by atoms with E-state index >= 15 is 0 Å². The smallest absolute Gasteiger partial charge is 0.353 e.